The lowest BCUT2D eigenvalue weighted by Crippen LogP contribution is -2.28. The van der Waals surface area contributed by atoms with Gasteiger partial charge >= 0.3 is 0 Å². The molecule has 0 aromatic heterocycles. The second kappa shape index (κ2) is 2.89. The van der Waals surface area contributed by atoms with Gasteiger partial charge in [-0.15, -0.1) is 6.42 Å². The van der Waals surface area contributed by atoms with Gasteiger partial charge in [0.25, 0.3) is 0 Å². The second-order valence-electron chi connectivity index (χ2n) is 2.57. The average molecular weight is 123 g/mol. The first-order valence-corrected chi connectivity index (χ1v) is 3.59. The van der Waals surface area contributed by atoms with Crippen LogP contribution >= 0.6 is 0 Å². The van der Waals surface area contributed by atoms with Crippen LogP contribution in [0.15, 0.2) is 0 Å². The van der Waals surface area contributed by atoms with Gasteiger partial charge in [-0.25, -0.2) is 0 Å². The van der Waals surface area contributed by atoms with Crippen molar-refractivity contribution in [2.45, 2.75) is 38.3 Å². The summed E-state index contributed by atoms with van der Waals surface area (Å²) in [5, 5.41) is 3.35. The highest BCUT2D eigenvalue weighted by atomic mass is 15.0. The lowest BCUT2D eigenvalue weighted by Gasteiger charge is -2.07. The van der Waals surface area contributed by atoms with Crippen LogP contribution < -0.4 is 5.32 Å². The van der Waals surface area contributed by atoms with Crippen molar-refractivity contribution in [3.63, 3.8) is 0 Å². The van der Waals surface area contributed by atoms with E-state index < -0.39 is 0 Å². The van der Waals surface area contributed by atoms with Crippen molar-refractivity contribution >= 4 is 0 Å². The third kappa shape index (κ3) is 2.07. The summed E-state index contributed by atoms with van der Waals surface area (Å²) in [6.07, 6.45) is 8.93. The Morgan fingerprint density at radius 2 is 2.44 bits per heavy atom. The Hall–Kier alpha value is -0.480. The number of hydrogen-bond donors (Lipinski definition) is 1. The van der Waals surface area contributed by atoms with Crippen molar-refractivity contribution in [2.24, 2.45) is 0 Å². The molecule has 0 saturated heterocycles. The zero-order valence-corrected chi connectivity index (χ0v) is 5.85. The van der Waals surface area contributed by atoms with Crippen molar-refractivity contribution in [1.82, 2.24) is 5.32 Å². The maximum absolute atomic E-state index is 5.25. The molecule has 0 amide bonds. The molecule has 9 heavy (non-hydrogen) atoms. The van der Waals surface area contributed by atoms with E-state index in [2.05, 4.69) is 18.2 Å². The first-order valence-electron chi connectivity index (χ1n) is 3.59. The normalized spacial score (nSPS) is 20.9. The topological polar surface area (TPSA) is 12.0 Å². The monoisotopic (exact) mass is 123 g/mol. The lowest BCUT2D eigenvalue weighted by molar-refractivity contribution is 0.589. The molecule has 1 atom stereocenters. The summed E-state index contributed by atoms with van der Waals surface area (Å²) in [7, 11) is 0. The van der Waals surface area contributed by atoms with E-state index in [1.807, 2.05) is 0 Å². The van der Waals surface area contributed by atoms with Crippen molar-refractivity contribution in [2.75, 3.05) is 0 Å². The van der Waals surface area contributed by atoms with E-state index in [-0.39, 0.29) is 0 Å². The van der Waals surface area contributed by atoms with Crippen molar-refractivity contribution in [3.8, 4) is 12.3 Å². The molecule has 0 bridgehead atoms. The highest BCUT2D eigenvalue weighted by Crippen LogP contribution is 2.19. The van der Waals surface area contributed by atoms with Crippen LogP contribution in [-0.4, -0.2) is 12.1 Å². The summed E-state index contributed by atoms with van der Waals surface area (Å²) >= 11 is 0. The molecule has 1 aliphatic rings. The van der Waals surface area contributed by atoms with Crippen LogP contribution in [0.2, 0.25) is 0 Å². The summed E-state index contributed by atoms with van der Waals surface area (Å²) in [6.45, 7) is 2.11. The molecule has 50 valence electrons. The van der Waals surface area contributed by atoms with E-state index in [4.69, 9.17) is 6.42 Å². The first kappa shape index (κ1) is 6.64. The highest BCUT2D eigenvalue weighted by molar-refractivity contribution is 5.01. The third-order valence-electron chi connectivity index (χ3n) is 1.62. The summed E-state index contributed by atoms with van der Waals surface area (Å²) in [6, 6.07) is 1.06. The largest absolute Gasteiger partial charge is 0.301 e. The molecule has 1 rings (SSSR count). The van der Waals surface area contributed by atoms with Gasteiger partial charge in [0.2, 0.25) is 0 Å². The Kier molecular flexibility index (Phi) is 2.13. The van der Waals surface area contributed by atoms with Crippen molar-refractivity contribution < 1.29 is 0 Å². The zero-order valence-electron chi connectivity index (χ0n) is 5.85. The molecular weight excluding hydrogens is 110 g/mol. The highest BCUT2D eigenvalue weighted by Gasteiger charge is 2.22. The second-order valence-corrected chi connectivity index (χ2v) is 2.57. The summed E-state index contributed by atoms with van der Waals surface area (Å²) in [4.78, 5) is 0. The fraction of sp³-hybridized carbons (Fsp3) is 0.750. The molecule has 1 heteroatoms. The van der Waals surface area contributed by atoms with Gasteiger partial charge < -0.3 is 5.32 Å². The molecule has 1 aliphatic carbocycles. The van der Waals surface area contributed by atoms with E-state index >= 15 is 0 Å². The van der Waals surface area contributed by atoms with Gasteiger partial charge in [-0.05, 0) is 19.3 Å². The molecule has 0 heterocycles. The van der Waals surface area contributed by atoms with Gasteiger partial charge in [0.15, 0.2) is 0 Å². The predicted molar refractivity (Wildman–Crippen MR) is 39.1 cm³/mol. The lowest BCUT2D eigenvalue weighted by atomic mass is 10.2. The maximum atomic E-state index is 5.25. The number of nitrogens with one attached hydrogen (secondary N) is 1. The molecule has 1 N–H and O–H groups in total. The quantitative estimate of drug-likeness (QED) is 0.555. The van der Waals surface area contributed by atoms with Crippen LogP contribution in [0.3, 0.4) is 0 Å². The molecule has 1 fully saturated rings. The minimum Gasteiger partial charge on any atom is -0.301 e. The van der Waals surface area contributed by atoms with E-state index in [9.17, 15) is 0 Å². The Labute approximate surface area is 56.8 Å². The SMILES string of the molecule is C#CC(CC)NC1CC1. The minimum atomic E-state index is 0.317. The summed E-state index contributed by atoms with van der Waals surface area (Å²) in [5.41, 5.74) is 0. The molecule has 1 unspecified atom stereocenters. The zero-order chi connectivity index (χ0) is 6.69. The molecule has 1 nitrogen and oxygen atoms in total. The third-order valence-corrected chi connectivity index (χ3v) is 1.62. The Morgan fingerprint density at radius 1 is 1.78 bits per heavy atom. The molecule has 0 spiro atoms. The smallest absolute Gasteiger partial charge is 0.0686 e. The average Bonchev–Trinajstić information content (AvgIpc) is 2.66. The predicted octanol–water partition coefficient (Wildman–Crippen LogP) is 1.15. The maximum Gasteiger partial charge on any atom is 0.0686 e. The van der Waals surface area contributed by atoms with Gasteiger partial charge in [-0.2, -0.15) is 0 Å². The van der Waals surface area contributed by atoms with Crippen LogP contribution in [0, 0.1) is 12.3 Å². The van der Waals surface area contributed by atoms with E-state index in [0.29, 0.717) is 6.04 Å². The van der Waals surface area contributed by atoms with Crippen LogP contribution in [0.1, 0.15) is 26.2 Å². The fourth-order valence-electron chi connectivity index (χ4n) is 0.818. The van der Waals surface area contributed by atoms with Crippen LogP contribution in [0.25, 0.3) is 0 Å². The van der Waals surface area contributed by atoms with Gasteiger partial charge in [0.1, 0.15) is 0 Å². The summed E-state index contributed by atoms with van der Waals surface area (Å²) < 4.78 is 0. The molecule has 0 aromatic rings. The van der Waals surface area contributed by atoms with Crippen molar-refractivity contribution in [3.05, 3.63) is 0 Å². The molecule has 1 saturated carbocycles. The number of terminal acetylenes is 1. The molecule has 0 radical (unpaired) electrons. The minimum absolute atomic E-state index is 0.317. The van der Waals surface area contributed by atoms with Gasteiger partial charge in [-0.3, -0.25) is 0 Å². The standard InChI is InChI=1S/C8H13N/c1-3-7(4-2)9-8-5-6-8/h1,7-9H,4-6H2,2H3. The van der Waals surface area contributed by atoms with E-state index in [0.717, 1.165) is 12.5 Å². The Balaban J connectivity index is 2.14. The number of hydrogen-bond acceptors (Lipinski definition) is 1. The molecular formula is C8H13N. The fourth-order valence-corrected chi connectivity index (χ4v) is 0.818. The van der Waals surface area contributed by atoms with Crippen LogP contribution in [0.4, 0.5) is 0 Å². The molecule has 0 aliphatic heterocycles. The first-order chi connectivity index (χ1) is 4.36. The van der Waals surface area contributed by atoms with E-state index in [1.165, 1.54) is 12.8 Å². The number of rotatable bonds is 3. The van der Waals surface area contributed by atoms with Gasteiger partial charge in [0.05, 0.1) is 6.04 Å². The summed E-state index contributed by atoms with van der Waals surface area (Å²) in [5.74, 6) is 2.71. The van der Waals surface area contributed by atoms with Crippen LogP contribution in [0.5, 0.6) is 0 Å². The van der Waals surface area contributed by atoms with Gasteiger partial charge in [0, 0.05) is 6.04 Å². The van der Waals surface area contributed by atoms with Gasteiger partial charge in [-0.1, -0.05) is 12.8 Å². The molecule has 0 aromatic carbocycles. The Morgan fingerprint density at radius 3 is 2.78 bits per heavy atom. The van der Waals surface area contributed by atoms with E-state index in [1.54, 1.807) is 0 Å². The van der Waals surface area contributed by atoms with Crippen LogP contribution in [-0.2, 0) is 0 Å². The Bertz CT molecular complexity index is 119. The van der Waals surface area contributed by atoms with Crippen molar-refractivity contribution in [1.29, 1.82) is 0 Å².